The third-order valence-electron chi connectivity index (χ3n) is 3.17. The Labute approximate surface area is 76.3 Å². The molecule has 0 rings (SSSR count). The zero-order valence-corrected chi connectivity index (χ0v) is 9.89. The van der Waals surface area contributed by atoms with Crippen molar-refractivity contribution in [2.24, 2.45) is 0 Å². The summed E-state index contributed by atoms with van der Waals surface area (Å²) >= 11 is 0. The Morgan fingerprint density at radius 2 is 1.75 bits per heavy atom. The van der Waals surface area contributed by atoms with Crippen molar-refractivity contribution in [3.8, 4) is 0 Å². The minimum atomic E-state index is -1.51. The van der Waals surface area contributed by atoms with Gasteiger partial charge in [0, 0.05) is 0 Å². The normalized spacial score (nSPS) is 15.5. The monoisotopic (exact) mass is 187 g/mol. The minimum absolute atomic E-state index is 0.0370. The molecule has 0 aromatic rings. The van der Waals surface area contributed by atoms with Gasteiger partial charge in [-0.3, -0.25) is 0 Å². The topological polar surface area (TPSA) is 26.3 Å². The van der Waals surface area contributed by atoms with Crippen molar-refractivity contribution in [1.29, 1.82) is 0 Å². The third kappa shape index (κ3) is 2.34. The Morgan fingerprint density at radius 1 is 1.33 bits per heavy atom. The molecular weight excluding hydrogens is 168 g/mol. The van der Waals surface area contributed by atoms with E-state index in [0.29, 0.717) is 0 Å². The Morgan fingerprint density at radius 3 is 2.00 bits per heavy atom. The van der Waals surface area contributed by atoms with Gasteiger partial charge in [-0.25, -0.2) is 4.79 Å². The highest BCUT2D eigenvalue weighted by atomic mass is 28.3. The van der Waals surface area contributed by atoms with Crippen LogP contribution in [0.25, 0.3) is 0 Å². The van der Waals surface area contributed by atoms with Crippen LogP contribution in [0.5, 0.6) is 0 Å². The van der Waals surface area contributed by atoms with Crippen molar-refractivity contribution in [3.63, 3.8) is 0 Å². The lowest BCUT2D eigenvalue weighted by molar-refractivity contribution is 0.248. The average Bonchev–Trinajstić information content (AvgIpc) is 1.85. The van der Waals surface area contributed by atoms with E-state index in [4.69, 9.17) is 4.74 Å². The molecule has 0 amide bonds. The van der Waals surface area contributed by atoms with Gasteiger partial charge in [-0.05, 0) is 12.0 Å². The highest BCUT2D eigenvalue weighted by Gasteiger charge is 2.41. The van der Waals surface area contributed by atoms with E-state index in [2.05, 4.69) is 33.9 Å². The van der Waals surface area contributed by atoms with Gasteiger partial charge in [0.2, 0.25) is 0 Å². The van der Waals surface area contributed by atoms with E-state index < -0.39 is 8.07 Å². The molecule has 0 bridgehead atoms. The largest absolute Gasteiger partial charge is 0.458 e. The van der Waals surface area contributed by atoms with Gasteiger partial charge >= 0.3 is 6.47 Å². The molecule has 12 heavy (non-hydrogen) atoms. The molecule has 0 saturated heterocycles. The summed E-state index contributed by atoms with van der Waals surface area (Å²) in [7, 11) is -1.51. The molecule has 0 aliphatic rings. The number of rotatable bonds is 3. The summed E-state index contributed by atoms with van der Waals surface area (Å²) in [5.41, 5.74) is 0.0370. The van der Waals surface area contributed by atoms with E-state index in [1.54, 1.807) is 0 Å². The van der Waals surface area contributed by atoms with Crippen LogP contribution in [0.4, 0.5) is 0 Å². The lowest BCUT2D eigenvalue weighted by Gasteiger charge is -2.39. The van der Waals surface area contributed by atoms with Crippen LogP contribution in [0.2, 0.25) is 18.1 Å². The molecular formula is C9H19O2Si. The van der Waals surface area contributed by atoms with Crippen LogP contribution in [-0.2, 0) is 9.53 Å². The molecule has 1 radical (unpaired) electrons. The molecule has 0 aliphatic carbocycles. The molecule has 0 fully saturated rings. The van der Waals surface area contributed by atoms with E-state index in [-0.39, 0.29) is 10.8 Å². The fourth-order valence-electron chi connectivity index (χ4n) is 0.829. The van der Waals surface area contributed by atoms with Crippen LogP contribution < -0.4 is 0 Å². The van der Waals surface area contributed by atoms with E-state index in [9.17, 15) is 4.79 Å². The highest BCUT2D eigenvalue weighted by molar-refractivity contribution is 6.81. The fraction of sp³-hybridized carbons (Fsp3) is 0.889. The predicted octanol–water partition coefficient (Wildman–Crippen LogP) is 2.51. The predicted molar refractivity (Wildman–Crippen MR) is 53.4 cm³/mol. The van der Waals surface area contributed by atoms with Gasteiger partial charge in [-0.15, -0.1) is 0 Å². The molecule has 0 spiro atoms. The quantitative estimate of drug-likeness (QED) is 0.635. The first-order valence-corrected chi connectivity index (χ1v) is 7.34. The minimum Gasteiger partial charge on any atom is -0.458 e. The standard InChI is InChI=1S/C9H19O2Si/c1-8(11-7-10)12(5,6)9(2,3)4/h8H,1-6H3. The van der Waals surface area contributed by atoms with E-state index in [1.807, 2.05) is 6.92 Å². The maximum absolute atomic E-state index is 10.1. The summed E-state index contributed by atoms with van der Waals surface area (Å²) in [4.78, 5) is 10.1. The van der Waals surface area contributed by atoms with Crippen LogP contribution in [0.1, 0.15) is 27.7 Å². The van der Waals surface area contributed by atoms with E-state index in [0.717, 1.165) is 0 Å². The number of ether oxygens (including phenoxy) is 1. The summed E-state index contributed by atoms with van der Waals surface area (Å²) < 4.78 is 4.89. The van der Waals surface area contributed by atoms with Gasteiger partial charge in [-0.2, -0.15) is 0 Å². The van der Waals surface area contributed by atoms with Crippen LogP contribution >= 0.6 is 0 Å². The van der Waals surface area contributed by atoms with Gasteiger partial charge in [0.05, 0.1) is 5.73 Å². The van der Waals surface area contributed by atoms with Gasteiger partial charge in [0.1, 0.15) is 8.07 Å². The van der Waals surface area contributed by atoms with Crippen molar-refractivity contribution in [2.75, 3.05) is 0 Å². The van der Waals surface area contributed by atoms with E-state index in [1.165, 1.54) is 6.47 Å². The Hall–Kier alpha value is -0.313. The molecule has 1 atom stereocenters. The Balaban J connectivity index is 4.48. The lowest BCUT2D eigenvalue weighted by Crippen LogP contribution is -2.49. The molecule has 0 heterocycles. The second-order valence-corrected chi connectivity index (χ2v) is 10.6. The summed E-state index contributed by atoms with van der Waals surface area (Å²) in [6.45, 7) is 14.5. The molecule has 0 aliphatic heterocycles. The van der Waals surface area contributed by atoms with E-state index >= 15 is 0 Å². The van der Waals surface area contributed by atoms with Gasteiger partial charge in [-0.1, -0.05) is 33.9 Å². The molecule has 0 N–H and O–H groups in total. The lowest BCUT2D eigenvalue weighted by atomic mass is 10.2. The average molecular weight is 187 g/mol. The summed E-state index contributed by atoms with van der Waals surface area (Å²) in [5, 5.41) is 0.253. The Kier molecular flexibility index (Phi) is 3.51. The highest BCUT2D eigenvalue weighted by Crippen LogP contribution is 2.38. The third-order valence-corrected chi connectivity index (χ3v) is 9.19. The molecule has 2 nitrogen and oxygen atoms in total. The first-order valence-electron chi connectivity index (χ1n) is 4.26. The molecule has 0 aromatic heterocycles. The van der Waals surface area contributed by atoms with Crippen molar-refractivity contribution in [2.45, 2.75) is 51.6 Å². The van der Waals surface area contributed by atoms with Crippen LogP contribution in [0, 0.1) is 0 Å². The SMILES string of the molecule is CC(O[C]=O)[Si](C)(C)C(C)(C)C. The fourth-order valence-corrected chi connectivity index (χ4v) is 2.39. The maximum atomic E-state index is 10.1. The first-order chi connectivity index (χ1) is 5.23. The number of hydrogen-bond acceptors (Lipinski definition) is 2. The first kappa shape index (κ1) is 11.7. The summed E-state index contributed by atoms with van der Waals surface area (Å²) in [5.74, 6) is 0. The van der Waals surface area contributed by atoms with Gasteiger partial charge < -0.3 is 4.74 Å². The van der Waals surface area contributed by atoms with Crippen LogP contribution in [-0.4, -0.2) is 20.3 Å². The summed E-state index contributed by atoms with van der Waals surface area (Å²) in [6.07, 6.45) is 0. The maximum Gasteiger partial charge on any atom is 0.417 e. The second kappa shape index (κ2) is 3.60. The van der Waals surface area contributed by atoms with Crippen molar-refractivity contribution >= 4 is 14.5 Å². The molecule has 0 aromatic carbocycles. The zero-order valence-electron chi connectivity index (χ0n) is 8.89. The molecule has 71 valence electrons. The van der Waals surface area contributed by atoms with Crippen molar-refractivity contribution in [1.82, 2.24) is 0 Å². The van der Waals surface area contributed by atoms with Crippen molar-refractivity contribution in [3.05, 3.63) is 0 Å². The van der Waals surface area contributed by atoms with Crippen LogP contribution in [0.15, 0.2) is 0 Å². The summed E-state index contributed by atoms with van der Waals surface area (Å²) in [6, 6.07) is 0. The van der Waals surface area contributed by atoms with Gasteiger partial charge in [0.15, 0.2) is 0 Å². The van der Waals surface area contributed by atoms with Gasteiger partial charge in [0.25, 0.3) is 0 Å². The molecule has 0 saturated carbocycles. The Bertz CT molecular complexity index is 158. The zero-order chi connectivity index (χ0) is 9.99. The van der Waals surface area contributed by atoms with Crippen molar-refractivity contribution < 1.29 is 9.53 Å². The number of hydrogen-bond donors (Lipinski definition) is 0. The second-order valence-electron chi connectivity index (χ2n) is 4.82. The smallest absolute Gasteiger partial charge is 0.417 e. The number of carbonyl (C=O) groups excluding carboxylic acids is 1. The molecule has 3 heteroatoms. The van der Waals surface area contributed by atoms with Crippen LogP contribution in [0.3, 0.4) is 0 Å². The molecule has 1 unspecified atom stereocenters.